The van der Waals surface area contributed by atoms with E-state index >= 15 is 0 Å². The molecule has 3 nitrogen and oxygen atoms in total. The quantitative estimate of drug-likeness (QED) is 0.863. The van der Waals surface area contributed by atoms with E-state index < -0.39 is 0 Å². The summed E-state index contributed by atoms with van der Waals surface area (Å²) in [5, 5.41) is 15.0. The number of nitrogens with one attached hydrogen (secondary N) is 1. The second-order valence-electron chi connectivity index (χ2n) is 5.17. The molecule has 1 unspecified atom stereocenters. The minimum absolute atomic E-state index is 0.226. The van der Waals surface area contributed by atoms with Gasteiger partial charge < -0.3 is 15.2 Å². The Morgan fingerprint density at radius 1 is 1.44 bits per heavy atom. The number of thiophene rings is 1. The lowest BCUT2D eigenvalue weighted by molar-refractivity contribution is -0.0438. The molecule has 0 aliphatic carbocycles. The van der Waals surface area contributed by atoms with Crippen LogP contribution in [0.1, 0.15) is 44.0 Å². The summed E-state index contributed by atoms with van der Waals surface area (Å²) in [6.07, 6.45) is 3.53. The van der Waals surface area contributed by atoms with E-state index in [1.807, 2.05) is 0 Å². The highest BCUT2D eigenvalue weighted by atomic mass is 32.1. The van der Waals surface area contributed by atoms with Crippen LogP contribution in [0.3, 0.4) is 0 Å². The van der Waals surface area contributed by atoms with Gasteiger partial charge in [-0.1, -0.05) is 6.07 Å². The summed E-state index contributed by atoms with van der Waals surface area (Å²) < 4.78 is 5.76. The van der Waals surface area contributed by atoms with Gasteiger partial charge in [-0.05, 0) is 44.6 Å². The molecule has 0 spiro atoms. The Morgan fingerprint density at radius 2 is 2.17 bits per heavy atom. The van der Waals surface area contributed by atoms with Crippen molar-refractivity contribution < 1.29 is 9.84 Å². The van der Waals surface area contributed by atoms with Crippen molar-refractivity contribution in [2.45, 2.75) is 57.4 Å². The van der Waals surface area contributed by atoms with E-state index in [2.05, 4.69) is 36.7 Å². The van der Waals surface area contributed by atoms with E-state index in [-0.39, 0.29) is 12.6 Å². The number of hydrogen-bond donors (Lipinski definition) is 2. The standard InChI is InChI=1S/C14H23NO2S/c1-10-8-12(9-11(2)17-10)15-13(5-6-16)14-4-3-7-18-14/h3-4,7,10-13,15-16H,5-6,8-9H2,1-2H3/t10-,11+,12?,13-/m1/s1. The van der Waals surface area contributed by atoms with Crippen molar-refractivity contribution in [3.05, 3.63) is 22.4 Å². The fourth-order valence-electron chi connectivity index (χ4n) is 2.75. The van der Waals surface area contributed by atoms with Gasteiger partial charge in [0.1, 0.15) is 0 Å². The smallest absolute Gasteiger partial charge is 0.0565 e. The predicted molar refractivity (Wildman–Crippen MR) is 74.9 cm³/mol. The van der Waals surface area contributed by atoms with Gasteiger partial charge in [0.15, 0.2) is 0 Å². The van der Waals surface area contributed by atoms with E-state index in [0.717, 1.165) is 19.3 Å². The number of hydrogen-bond acceptors (Lipinski definition) is 4. The average Bonchev–Trinajstić information content (AvgIpc) is 2.80. The average molecular weight is 269 g/mol. The molecule has 4 heteroatoms. The highest BCUT2D eigenvalue weighted by molar-refractivity contribution is 7.10. The largest absolute Gasteiger partial charge is 0.396 e. The molecule has 0 saturated carbocycles. The monoisotopic (exact) mass is 269 g/mol. The zero-order chi connectivity index (χ0) is 13.0. The summed E-state index contributed by atoms with van der Waals surface area (Å²) in [6, 6.07) is 4.98. The number of aliphatic hydroxyl groups is 1. The molecule has 1 aliphatic heterocycles. The van der Waals surface area contributed by atoms with Gasteiger partial charge in [-0.25, -0.2) is 0 Å². The summed E-state index contributed by atoms with van der Waals surface area (Å²) >= 11 is 1.76. The van der Waals surface area contributed by atoms with Gasteiger partial charge in [-0.3, -0.25) is 0 Å². The molecule has 0 radical (unpaired) electrons. The number of ether oxygens (including phenoxy) is 1. The van der Waals surface area contributed by atoms with E-state index in [4.69, 9.17) is 4.74 Å². The Kier molecular flexibility index (Phi) is 5.18. The van der Waals surface area contributed by atoms with Crippen LogP contribution in [0, 0.1) is 0 Å². The maximum absolute atomic E-state index is 9.21. The van der Waals surface area contributed by atoms with E-state index in [1.165, 1.54) is 4.88 Å². The molecule has 18 heavy (non-hydrogen) atoms. The van der Waals surface area contributed by atoms with Crippen molar-refractivity contribution in [3.63, 3.8) is 0 Å². The van der Waals surface area contributed by atoms with Crippen LogP contribution in [-0.4, -0.2) is 30.0 Å². The Morgan fingerprint density at radius 3 is 2.72 bits per heavy atom. The molecule has 1 saturated heterocycles. The summed E-state index contributed by atoms with van der Waals surface area (Å²) in [5.74, 6) is 0. The second kappa shape index (κ2) is 6.66. The molecule has 1 aromatic rings. The molecule has 1 aromatic heterocycles. The molecular formula is C14H23NO2S. The first-order valence-electron chi connectivity index (χ1n) is 6.74. The molecular weight excluding hydrogens is 246 g/mol. The van der Waals surface area contributed by atoms with Crippen LogP contribution in [-0.2, 0) is 4.74 Å². The van der Waals surface area contributed by atoms with Crippen LogP contribution in [0.25, 0.3) is 0 Å². The zero-order valence-corrected chi connectivity index (χ0v) is 12.0. The Balaban J connectivity index is 1.96. The Hall–Kier alpha value is -0.420. The van der Waals surface area contributed by atoms with E-state index in [1.54, 1.807) is 11.3 Å². The Bertz CT molecular complexity index is 332. The number of rotatable bonds is 5. The molecule has 2 heterocycles. The van der Waals surface area contributed by atoms with Crippen LogP contribution < -0.4 is 5.32 Å². The first kappa shape index (κ1) is 14.0. The molecule has 1 fully saturated rings. The fourth-order valence-corrected chi connectivity index (χ4v) is 3.57. The van der Waals surface area contributed by atoms with Gasteiger partial charge in [0.2, 0.25) is 0 Å². The SMILES string of the molecule is C[C@@H]1CC(N[C@H](CCO)c2cccs2)C[C@H](C)O1. The van der Waals surface area contributed by atoms with Crippen LogP contribution >= 0.6 is 11.3 Å². The molecule has 2 rings (SSSR count). The number of aliphatic hydroxyl groups excluding tert-OH is 1. The van der Waals surface area contributed by atoms with Crippen LogP contribution in [0.4, 0.5) is 0 Å². The molecule has 0 aromatic carbocycles. The summed E-state index contributed by atoms with van der Waals surface area (Å²) in [4.78, 5) is 1.32. The normalized spacial score (nSPS) is 30.3. The van der Waals surface area contributed by atoms with Gasteiger partial charge in [-0.2, -0.15) is 0 Å². The third-order valence-corrected chi connectivity index (χ3v) is 4.42. The first-order valence-corrected chi connectivity index (χ1v) is 7.62. The zero-order valence-electron chi connectivity index (χ0n) is 11.1. The van der Waals surface area contributed by atoms with Gasteiger partial charge >= 0.3 is 0 Å². The van der Waals surface area contributed by atoms with Gasteiger partial charge in [0.25, 0.3) is 0 Å². The molecule has 0 bridgehead atoms. The topological polar surface area (TPSA) is 41.5 Å². The first-order chi connectivity index (χ1) is 8.69. The predicted octanol–water partition coefficient (Wildman–Crippen LogP) is 2.72. The van der Waals surface area contributed by atoms with E-state index in [9.17, 15) is 5.11 Å². The van der Waals surface area contributed by atoms with Crippen molar-refractivity contribution >= 4 is 11.3 Å². The van der Waals surface area contributed by atoms with Crippen LogP contribution in [0.5, 0.6) is 0 Å². The van der Waals surface area contributed by atoms with Gasteiger partial charge in [0.05, 0.1) is 12.2 Å². The van der Waals surface area contributed by atoms with Crippen molar-refractivity contribution in [2.75, 3.05) is 6.61 Å². The highest BCUT2D eigenvalue weighted by Crippen LogP contribution is 2.26. The lowest BCUT2D eigenvalue weighted by Crippen LogP contribution is -2.42. The van der Waals surface area contributed by atoms with Crippen molar-refractivity contribution in [3.8, 4) is 0 Å². The summed E-state index contributed by atoms with van der Waals surface area (Å²) in [5.41, 5.74) is 0. The third kappa shape index (κ3) is 3.79. The molecule has 1 aliphatic rings. The van der Waals surface area contributed by atoms with Crippen LogP contribution in [0.15, 0.2) is 17.5 Å². The van der Waals surface area contributed by atoms with Gasteiger partial charge in [0, 0.05) is 23.6 Å². The van der Waals surface area contributed by atoms with Crippen LogP contribution in [0.2, 0.25) is 0 Å². The lowest BCUT2D eigenvalue weighted by Gasteiger charge is -2.34. The maximum Gasteiger partial charge on any atom is 0.0565 e. The van der Waals surface area contributed by atoms with Crippen molar-refractivity contribution in [2.24, 2.45) is 0 Å². The van der Waals surface area contributed by atoms with E-state index in [0.29, 0.717) is 18.2 Å². The molecule has 0 amide bonds. The van der Waals surface area contributed by atoms with Crippen molar-refractivity contribution in [1.82, 2.24) is 5.32 Å². The Labute approximate surface area is 113 Å². The summed E-state index contributed by atoms with van der Waals surface area (Å²) in [7, 11) is 0. The van der Waals surface area contributed by atoms with Gasteiger partial charge in [-0.15, -0.1) is 11.3 Å². The minimum atomic E-state index is 0.226. The second-order valence-corrected chi connectivity index (χ2v) is 6.15. The third-order valence-electron chi connectivity index (χ3n) is 3.44. The maximum atomic E-state index is 9.21. The molecule has 102 valence electrons. The lowest BCUT2D eigenvalue weighted by atomic mass is 9.98. The minimum Gasteiger partial charge on any atom is -0.396 e. The summed E-state index contributed by atoms with van der Waals surface area (Å²) in [6.45, 7) is 4.50. The highest BCUT2D eigenvalue weighted by Gasteiger charge is 2.26. The van der Waals surface area contributed by atoms with Crippen molar-refractivity contribution in [1.29, 1.82) is 0 Å². The molecule has 2 N–H and O–H groups in total. The molecule has 4 atom stereocenters. The fraction of sp³-hybridized carbons (Fsp3) is 0.714.